The molecule has 4 nitrogen and oxygen atoms in total. The second-order valence-corrected chi connectivity index (χ2v) is 7.32. The standard InChI is InChI=1S/C24H15FO4S/c1-2-21(26)28-18-10-6-7-11-19(18)29-23-17-13-12-16(25)14-20(17)30-24(23)22(27)15-8-4-3-5-9-15/h2-14H,1H2. The van der Waals surface area contributed by atoms with Crippen molar-refractivity contribution in [3.8, 4) is 17.2 Å². The zero-order valence-electron chi connectivity index (χ0n) is 15.6. The lowest BCUT2D eigenvalue weighted by Crippen LogP contribution is -2.05. The number of benzene rings is 3. The van der Waals surface area contributed by atoms with Gasteiger partial charge in [0.15, 0.2) is 17.2 Å². The first-order chi connectivity index (χ1) is 14.6. The van der Waals surface area contributed by atoms with Gasteiger partial charge in [0, 0.05) is 21.7 Å². The summed E-state index contributed by atoms with van der Waals surface area (Å²) in [4.78, 5) is 25.1. The highest BCUT2D eigenvalue weighted by atomic mass is 32.1. The van der Waals surface area contributed by atoms with Gasteiger partial charge >= 0.3 is 5.97 Å². The number of ketones is 1. The van der Waals surface area contributed by atoms with Crippen LogP contribution in [0.1, 0.15) is 15.2 Å². The Morgan fingerprint density at radius 1 is 0.933 bits per heavy atom. The van der Waals surface area contributed by atoms with Crippen LogP contribution in [0.5, 0.6) is 17.2 Å². The van der Waals surface area contributed by atoms with Crippen LogP contribution in [0.15, 0.2) is 85.5 Å². The summed E-state index contributed by atoms with van der Waals surface area (Å²) in [5, 5.41) is 0.588. The molecule has 1 heterocycles. The van der Waals surface area contributed by atoms with Crippen LogP contribution in [0, 0.1) is 5.82 Å². The van der Waals surface area contributed by atoms with E-state index in [-0.39, 0.29) is 23.0 Å². The van der Waals surface area contributed by atoms with Crippen LogP contribution in [0.3, 0.4) is 0 Å². The van der Waals surface area contributed by atoms with Crippen LogP contribution in [-0.4, -0.2) is 11.8 Å². The average Bonchev–Trinajstić information content (AvgIpc) is 3.12. The van der Waals surface area contributed by atoms with Gasteiger partial charge in [-0.05, 0) is 30.3 Å². The molecule has 1 aromatic heterocycles. The number of hydrogen-bond donors (Lipinski definition) is 0. The first-order valence-corrected chi connectivity index (χ1v) is 9.81. The number of esters is 1. The first-order valence-electron chi connectivity index (χ1n) is 8.99. The van der Waals surface area contributed by atoms with Crippen LogP contribution < -0.4 is 9.47 Å². The molecule has 0 aliphatic heterocycles. The highest BCUT2D eigenvalue weighted by Gasteiger charge is 2.23. The normalized spacial score (nSPS) is 10.6. The summed E-state index contributed by atoms with van der Waals surface area (Å²) in [6.45, 7) is 3.39. The largest absolute Gasteiger partial charge is 0.451 e. The Morgan fingerprint density at radius 3 is 2.37 bits per heavy atom. The fraction of sp³-hybridized carbons (Fsp3) is 0. The predicted molar refractivity (Wildman–Crippen MR) is 114 cm³/mol. The molecule has 0 spiro atoms. The molecule has 30 heavy (non-hydrogen) atoms. The van der Waals surface area contributed by atoms with Crippen LogP contribution in [-0.2, 0) is 4.79 Å². The smallest absolute Gasteiger partial charge is 0.335 e. The van der Waals surface area contributed by atoms with Crippen LogP contribution in [0.2, 0.25) is 0 Å². The van der Waals surface area contributed by atoms with Crippen molar-refractivity contribution in [3.63, 3.8) is 0 Å². The molecular weight excluding hydrogens is 403 g/mol. The predicted octanol–water partition coefficient (Wildman–Crippen LogP) is 6.16. The van der Waals surface area contributed by atoms with Crippen LogP contribution in [0.25, 0.3) is 10.1 Å². The molecule has 0 saturated heterocycles. The van der Waals surface area contributed by atoms with Crippen molar-refractivity contribution in [1.82, 2.24) is 0 Å². The van der Waals surface area contributed by atoms with E-state index in [1.807, 2.05) is 6.07 Å². The maximum atomic E-state index is 13.8. The SMILES string of the molecule is C=CC(=O)Oc1ccccc1Oc1c(C(=O)c2ccccc2)sc2cc(F)ccc12. The molecule has 0 saturated carbocycles. The van der Waals surface area contributed by atoms with Gasteiger partial charge in [0.2, 0.25) is 5.78 Å². The fourth-order valence-electron chi connectivity index (χ4n) is 2.90. The van der Waals surface area contributed by atoms with Gasteiger partial charge in [-0.1, -0.05) is 49.0 Å². The number of thiophene rings is 1. The molecule has 0 N–H and O–H groups in total. The maximum Gasteiger partial charge on any atom is 0.335 e. The Balaban J connectivity index is 1.83. The third-order valence-electron chi connectivity index (χ3n) is 4.29. The summed E-state index contributed by atoms with van der Waals surface area (Å²) < 4.78 is 25.7. The monoisotopic (exact) mass is 418 g/mol. The lowest BCUT2D eigenvalue weighted by atomic mass is 10.1. The fourth-order valence-corrected chi connectivity index (χ4v) is 4.01. The molecule has 0 aliphatic carbocycles. The van der Waals surface area contributed by atoms with Gasteiger partial charge in [0.05, 0.1) is 0 Å². The lowest BCUT2D eigenvalue weighted by Gasteiger charge is -2.11. The summed E-state index contributed by atoms with van der Waals surface area (Å²) >= 11 is 1.15. The van der Waals surface area contributed by atoms with E-state index in [2.05, 4.69) is 6.58 Å². The topological polar surface area (TPSA) is 52.6 Å². The Hall–Kier alpha value is -3.77. The Bertz CT molecular complexity index is 1260. The molecule has 6 heteroatoms. The molecular formula is C24H15FO4S. The number of carbonyl (C=O) groups excluding carboxylic acids is 2. The zero-order chi connectivity index (χ0) is 21.1. The number of ether oxygens (including phenoxy) is 2. The van der Waals surface area contributed by atoms with Crippen molar-refractivity contribution in [3.05, 3.63) is 102 Å². The van der Waals surface area contributed by atoms with E-state index >= 15 is 0 Å². The zero-order valence-corrected chi connectivity index (χ0v) is 16.4. The molecule has 3 aromatic carbocycles. The average molecular weight is 418 g/mol. The Morgan fingerprint density at radius 2 is 1.63 bits per heavy atom. The Labute approximate surface area is 175 Å². The van der Waals surface area contributed by atoms with E-state index in [4.69, 9.17) is 9.47 Å². The number of rotatable bonds is 6. The van der Waals surface area contributed by atoms with Crippen molar-refractivity contribution in [1.29, 1.82) is 0 Å². The molecule has 4 rings (SSSR count). The minimum absolute atomic E-state index is 0.182. The van der Waals surface area contributed by atoms with Gasteiger partial charge in [-0.25, -0.2) is 9.18 Å². The Kier molecular flexibility index (Phi) is 5.41. The highest BCUT2D eigenvalue weighted by molar-refractivity contribution is 7.21. The van der Waals surface area contributed by atoms with E-state index < -0.39 is 11.8 Å². The van der Waals surface area contributed by atoms with Crippen molar-refractivity contribution in [2.24, 2.45) is 0 Å². The molecule has 0 bridgehead atoms. The third kappa shape index (κ3) is 3.86. The number of halogens is 1. The molecule has 0 unspecified atom stereocenters. The summed E-state index contributed by atoms with van der Waals surface area (Å²) in [6.07, 6.45) is 1.05. The molecule has 0 atom stereocenters. The molecule has 4 aromatic rings. The molecule has 0 amide bonds. The minimum atomic E-state index is -0.635. The summed E-state index contributed by atoms with van der Waals surface area (Å²) in [5.74, 6) is -0.572. The number of para-hydroxylation sites is 2. The van der Waals surface area contributed by atoms with Gasteiger partial charge in [0.25, 0.3) is 0 Å². The first kappa shape index (κ1) is 19.5. The highest BCUT2D eigenvalue weighted by Crippen LogP contribution is 2.43. The number of fused-ring (bicyclic) bond motifs is 1. The van der Waals surface area contributed by atoms with Gasteiger partial charge in [-0.15, -0.1) is 11.3 Å². The molecule has 0 aliphatic rings. The van der Waals surface area contributed by atoms with Gasteiger partial charge in [-0.3, -0.25) is 4.79 Å². The second-order valence-electron chi connectivity index (χ2n) is 6.27. The third-order valence-corrected chi connectivity index (χ3v) is 5.42. The van der Waals surface area contributed by atoms with Crippen molar-refractivity contribution < 1.29 is 23.5 Å². The number of carbonyl (C=O) groups is 2. The van der Waals surface area contributed by atoms with Gasteiger partial charge < -0.3 is 9.47 Å². The quantitative estimate of drug-likeness (QED) is 0.163. The van der Waals surface area contributed by atoms with E-state index in [9.17, 15) is 14.0 Å². The maximum absolute atomic E-state index is 13.8. The van der Waals surface area contributed by atoms with Crippen LogP contribution in [0.4, 0.5) is 4.39 Å². The summed E-state index contributed by atoms with van der Waals surface area (Å²) in [6, 6.07) is 19.6. The minimum Gasteiger partial charge on any atom is -0.451 e. The number of hydrogen-bond acceptors (Lipinski definition) is 5. The van der Waals surface area contributed by atoms with Crippen molar-refractivity contribution in [2.75, 3.05) is 0 Å². The lowest BCUT2D eigenvalue weighted by molar-refractivity contribution is -0.129. The van der Waals surface area contributed by atoms with E-state index in [0.29, 0.717) is 20.5 Å². The van der Waals surface area contributed by atoms with Crippen LogP contribution >= 0.6 is 11.3 Å². The van der Waals surface area contributed by atoms with E-state index in [1.54, 1.807) is 54.6 Å². The summed E-state index contributed by atoms with van der Waals surface area (Å²) in [5.41, 5.74) is 0.487. The van der Waals surface area contributed by atoms with Gasteiger partial charge in [0.1, 0.15) is 10.7 Å². The van der Waals surface area contributed by atoms with E-state index in [0.717, 1.165) is 17.4 Å². The van der Waals surface area contributed by atoms with Crippen molar-refractivity contribution in [2.45, 2.75) is 0 Å². The van der Waals surface area contributed by atoms with E-state index in [1.165, 1.54) is 12.1 Å². The molecule has 0 fully saturated rings. The van der Waals surface area contributed by atoms with Gasteiger partial charge in [-0.2, -0.15) is 0 Å². The van der Waals surface area contributed by atoms with Crippen molar-refractivity contribution >= 4 is 33.2 Å². The second kappa shape index (κ2) is 8.31. The molecule has 148 valence electrons. The summed E-state index contributed by atoms with van der Waals surface area (Å²) in [7, 11) is 0. The molecule has 0 radical (unpaired) electrons.